The lowest BCUT2D eigenvalue weighted by molar-refractivity contribution is -0.0745. The molecule has 2 unspecified atom stereocenters. The van der Waals surface area contributed by atoms with E-state index in [-0.39, 0.29) is 5.60 Å². The molecular weight excluding hydrogens is 188 g/mol. The summed E-state index contributed by atoms with van der Waals surface area (Å²) in [6, 6.07) is 0. The van der Waals surface area contributed by atoms with Gasteiger partial charge in [0.25, 0.3) is 0 Å². The van der Waals surface area contributed by atoms with Gasteiger partial charge in [-0.05, 0) is 46.5 Å². The maximum absolute atomic E-state index is 5.93. The molecule has 0 spiro atoms. The van der Waals surface area contributed by atoms with E-state index in [9.17, 15) is 0 Å². The maximum atomic E-state index is 5.93. The number of rotatable bonds is 7. The maximum Gasteiger partial charge on any atom is 0.0602 e. The summed E-state index contributed by atoms with van der Waals surface area (Å²) in [7, 11) is 1.76. The smallest absolute Gasteiger partial charge is 0.0602 e. The average molecular weight is 216 g/mol. The van der Waals surface area contributed by atoms with Crippen molar-refractivity contribution < 1.29 is 9.47 Å². The van der Waals surface area contributed by atoms with Gasteiger partial charge in [-0.15, -0.1) is 0 Å². The van der Waals surface area contributed by atoms with Gasteiger partial charge in [0, 0.05) is 13.7 Å². The predicted octanol–water partition coefficient (Wildman–Crippen LogP) is 3.64. The molecule has 92 valence electrons. The molecule has 0 bridgehead atoms. The average Bonchev–Trinajstić information content (AvgIpc) is 2.09. The Bertz CT molecular complexity index is 149. The van der Waals surface area contributed by atoms with Crippen LogP contribution in [0, 0.1) is 5.92 Å². The molecule has 0 saturated carbocycles. The third kappa shape index (κ3) is 8.88. The summed E-state index contributed by atoms with van der Waals surface area (Å²) in [5.41, 5.74) is -0.0276. The van der Waals surface area contributed by atoms with Gasteiger partial charge < -0.3 is 9.47 Å². The van der Waals surface area contributed by atoms with E-state index in [1.165, 1.54) is 12.8 Å². The molecule has 0 rings (SSSR count). The van der Waals surface area contributed by atoms with Crippen molar-refractivity contribution in [1.82, 2.24) is 0 Å². The third-order valence-corrected chi connectivity index (χ3v) is 2.60. The highest BCUT2D eigenvalue weighted by Gasteiger charge is 2.19. The molecule has 0 aromatic rings. The van der Waals surface area contributed by atoms with Crippen LogP contribution in [0.4, 0.5) is 0 Å². The molecule has 0 aliphatic heterocycles. The Kier molecular flexibility index (Phi) is 7.20. The highest BCUT2D eigenvalue weighted by Crippen LogP contribution is 2.20. The zero-order chi connectivity index (χ0) is 11.9. The van der Waals surface area contributed by atoms with Gasteiger partial charge in [0.15, 0.2) is 0 Å². The summed E-state index contributed by atoms with van der Waals surface area (Å²) in [6.07, 6.45) is 3.95. The van der Waals surface area contributed by atoms with Crippen LogP contribution in [0.1, 0.15) is 53.9 Å². The van der Waals surface area contributed by atoms with Crippen molar-refractivity contribution in [3.63, 3.8) is 0 Å². The fourth-order valence-electron chi connectivity index (χ4n) is 1.62. The quantitative estimate of drug-likeness (QED) is 0.605. The fraction of sp³-hybridized carbons (Fsp3) is 1.00. The van der Waals surface area contributed by atoms with Crippen molar-refractivity contribution in [2.75, 3.05) is 13.7 Å². The van der Waals surface area contributed by atoms with Gasteiger partial charge in [-0.25, -0.2) is 0 Å². The zero-order valence-corrected chi connectivity index (χ0v) is 11.3. The van der Waals surface area contributed by atoms with Crippen LogP contribution >= 0.6 is 0 Å². The first-order chi connectivity index (χ1) is 6.87. The first-order valence-electron chi connectivity index (χ1n) is 6.03. The van der Waals surface area contributed by atoms with E-state index >= 15 is 0 Å². The minimum atomic E-state index is -0.0276. The highest BCUT2D eigenvalue weighted by atomic mass is 16.5. The molecule has 15 heavy (non-hydrogen) atoms. The molecule has 0 aliphatic rings. The Morgan fingerprint density at radius 3 is 2.13 bits per heavy atom. The summed E-state index contributed by atoms with van der Waals surface area (Å²) in [6.45, 7) is 11.7. The predicted molar refractivity (Wildman–Crippen MR) is 65.2 cm³/mol. The van der Waals surface area contributed by atoms with Crippen LogP contribution in [-0.2, 0) is 9.47 Å². The number of unbranched alkanes of at least 4 members (excludes halogenated alkanes) is 1. The number of hydrogen-bond acceptors (Lipinski definition) is 2. The van der Waals surface area contributed by atoms with Crippen LogP contribution in [0.5, 0.6) is 0 Å². The van der Waals surface area contributed by atoms with Crippen LogP contribution in [0.25, 0.3) is 0 Å². The Labute approximate surface area is 95.3 Å². The Hall–Kier alpha value is -0.0800. The molecule has 0 fully saturated rings. The molecule has 2 nitrogen and oxygen atoms in total. The standard InChI is InChI=1S/C13H28O2/c1-11(9-7-8-10-14-6)12(2)15-13(3,4)5/h11-12H,7-10H2,1-6H3. The summed E-state index contributed by atoms with van der Waals surface area (Å²) < 4.78 is 11.0. The van der Waals surface area contributed by atoms with E-state index in [4.69, 9.17) is 9.47 Å². The highest BCUT2D eigenvalue weighted by molar-refractivity contribution is 4.67. The van der Waals surface area contributed by atoms with Crippen LogP contribution in [0.15, 0.2) is 0 Å². The SMILES string of the molecule is COCCCCC(C)C(C)OC(C)(C)C. The molecule has 0 saturated heterocycles. The lowest BCUT2D eigenvalue weighted by atomic mass is 9.98. The molecule has 2 heteroatoms. The van der Waals surface area contributed by atoms with Gasteiger partial charge in [0.05, 0.1) is 11.7 Å². The van der Waals surface area contributed by atoms with Gasteiger partial charge >= 0.3 is 0 Å². The Balaban J connectivity index is 3.65. The van der Waals surface area contributed by atoms with Gasteiger partial charge in [-0.2, -0.15) is 0 Å². The lowest BCUT2D eigenvalue weighted by Gasteiger charge is -2.29. The molecule has 0 aromatic carbocycles. The second kappa shape index (κ2) is 7.24. The summed E-state index contributed by atoms with van der Waals surface area (Å²) >= 11 is 0. The molecule has 0 N–H and O–H groups in total. The third-order valence-electron chi connectivity index (χ3n) is 2.60. The van der Waals surface area contributed by atoms with Crippen LogP contribution in [-0.4, -0.2) is 25.4 Å². The first-order valence-corrected chi connectivity index (χ1v) is 6.03. The van der Waals surface area contributed by atoms with E-state index in [0.717, 1.165) is 13.0 Å². The number of methoxy groups -OCH3 is 1. The normalized spacial score (nSPS) is 16.4. The Morgan fingerprint density at radius 1 is 1.07 bits per heavy atom. The van der Waals surface area contributed by atoms with Crippen molar-refractivity contribution >= 4 is 0 Å². The largest absolute Gasteiger partial charge is 0.385 e. The van der Waals surface area contributed by atoms with Crippen molar-refractivity contribution in [3.05, 3.63) is 0 Å². The van der Waals surface area contributed by atoms with Gasteiger partial charge in [0.1, 0.15) is 0 Å². The van der Waals surface area contributed by atoms with Crippen molar-refractivity contribution in [1.29, 1.82) is 0 Å². The van der Waals surface area contributed by atoms with Crippen molar-refractivity contribution in [3.8, 4) is 0 Å². The minimum Gasteiger partial charge on any atom is -0.385 e. The van der Waals surface area contributed by atoms with E-state index in [1.54, 1.807) is 7.11 Å². The van der Waals surface area contributed by atoms with Crippen molar-refractivity contribution in [2.24, 2.45) is 5.92 Å². The topological polar surface area (TPSA) is 18.5 Å². The van der Waals surface area contributed by atoms with Crippen molar-refractivity contribution in [2.45, 2.75) is 65.6 Å². The molecule has 0 amide bonds. The summed E-state index contributed by atoms with van der Waals surface area (Å²) in [4.78, 5) is 0. The van der Waals surface area contributed by atoms with Gasteiger partial charge in [-0.1, -0.05) is 13.3 Å². The van der Waals surface area contributed by atoms with Crippen LogP contribution < -0.4 is 0 Å². The Morgan fingerprint density at radius 2 is 1.67 bits per heavy atom. The van der Waals surface area contributed by atoms with Crippen LogP contribution in [0.3, 0.4) is 0 Å². The van der Waals surface area contributed by atoms with E-state index in [2.05, 4.69) is 34.6 Å². The fourth-order valence-corrected chi connectivity index (χ4v) is 1.62. The second-order valence-electron chi connectivity index (χ2n) is 5.40. The van der Waals surface area contributed by atoms with E-state index < -0.39 is 0 Å². The molecule has 0 radical (unpaired) electrons. The molecule has 0 heterocycles. The molecular formula is C13H28O2. The minimum absolute atomic E-state index is 0.0276. The van der Waals surface area contributed by atoms with Crippen LogP contribution in [0.2, 0.25) is 0 Å². The summed E-state index contributed by atoms with van der Waals surface area (Å²) in [5.74, 6) is 0.626. The first kappa shape index (κ1) is 14.9. The molecule has 2 atom stereocenters. The molecule has 0 aliphatic carbocycles. The zero-order valence-electron chi connectivity index (χ0n) is 11.3. The van der Waals surface area contributed by atoms with Gasteiger partial charge in [0.2, 0.25) is 0 Å². The summed E-state index contributed by atoms with van der Waals surface area (Å²) in [5, 5.41) is 0. The van der Waals surface area contributed by atoms with E-state index in [0.29, 0.717) is 12.0 Å². The number of hydrogen-bond donors (Lipinski definition) is 0. The monoisotopic (exact) mass is 216 g/mol. The van der Waals surface area contributed by atoms with Gasteiger partial charge in [-0.3, -0.25) is 0 Å². The van der Waals surface area contributed by atoms with E-state index in [1.807, 2.05) is 0 Å². The molecule has 0 aromatic heterocycles. The number of ether oxygens (including phenoxy) is 2. The lowest BCUT2D eigenvalue weighted by Crippen LogP contribution is -2.29. The second-order valence-corrected chi connectivity index (χ2v) is 5.40.